The number of nitrogens with zero attached hydrogens (tertiary/aromatic N) is 3. The van der Waals surface area contributed by atoms with E-state index < -0.39 is 6.10 Å². The second-order valence-corrected chi connectivity index (χ2v) is 9.47. The molecule has 26 heavy (non-hydrogen) atoms. The van der Waals surface area contributed by atoms with Gasteiger partial charge >= 0.3 is 0 Å². The van der Waals surface area contributed by atoms with Crippen LogP contribution in [-0.4, -0.2) is 67.0 Å². The summed E-state index contributed by atoms with van der Waals surface area (Å²) in [5, 5.41) is 13.5. The Balaban J connectivity index is 1.15. The molecule has 144 valence electrons. The van der Waals surface area contributed by atoms with E-state index in [-0.39, 0.29) is 0 Å². The number of thiazole rings is 1. The fourth-order valence-corrected chi connectivity index (χ4v) is 5.49. The summed E-state index contributed by atoms with van der Waals surface area (Å²) in [6.07, 6.45) is 6.36. The lowest BCUT2D eigenvalue weighted by Gasteiger charge is -2.56. The maximum absolute atomic E-state index is 10.3. The van der Waals surface area contributed by atoms with Crippen molar-refractivity contribution in [3.8, 4) is 0 Å². The van der Waals surface area contributed by atoms with E-state index in [0.29, 0.717) is 31.1 Å². The number of rotatable bonds is 7. The summed E-state index contributed by atoms with van der Waals surface area (Å²) in [4.78, 5) is 9.04. The third-order valence-electron chi connectivity index (χ3n) is 6.69. The first-order chi connectivity index (χ1) is 12.5. The van der Waals surface area contributed by atoms with Gasteiger partial charge in [0.05, 0.1) is 19.3 Å². The molecule has 0 amide bonds. The lowest BCUT2D eigenvalue weighted by atomic mass is 9.49. The molecule has 1 aromatic heterocycles. The largest absolute Gasteiger partial charge is 0.389 e. The molecular weight excluding hydrogens is 346 g/mol. The first kappa shape index (κ1) is 18.4. The summed E-state index contributed by atoms with van der Waals surface area (Å²) in [5.74, 6) is 1.56. The van der Waals surface area contributed by atoms with Gasteiger partial charge in [0.25, 0.3) is 0 Å². The van der Waals surface area contributed by atoms with Gasteiger partial charge in [0, 0.05) is 44.3 Å². The number of anilines is 1. The van der Waals surface area contributed by atoms with E-state index in [1.807, 2.05) is 11.6 Å². The molecule has 5 rings (SSSR count). The number of aliphatic hydroxyl groups is 1. The second-order valence-electron chi connectivity index (χ2n) is 8.59. The van der Waals surface area contributed by atoms with Crippen LogP contribution in [0.3, 0.4) is 0 Å². The summed E-state index contributed by atoms with van der Waals surface area (Å²) >= 11 is 1.69. The molecule has 1 saturated carbocycles. The summed E-state index contributed by atoms with van der Waals surface area (Å²) < 4.78 is 5.88. The highest BCUT2D eigenvalue weighted by atomic mass is 32.1. The van der Waals surface area contributed by atoms with Gasteiger partial charge in [0.1, 0.15) is 0 Å². The zero-order chi connectivity index (χ0) is 18.1. The van der Waals surface area contributed by atoms with Gasteiger partial charge < -0.3 is 14.7 Å². The van der Waals surface area contributed by atoms with Gasteiger partial charge in [-0.05, 0) is 35.7 Å². The number of piperazine rings is 1. The Morgan fingerprint density at radius 2 is 2.15 bits per heavy atom. The zero-order valence-corrected chi connectivity index (χ0v) is 16.7. The van der Waals surface area contributed by atoms with Crippen molar-refractivity contribution in [3.05, 3.63) is 23.2 Å². The summed E-state index contributed by atoms with van der Waals surface area (Å²) in [6, 6.07) is 0. The Hall–Kier alpha value is -0.950. The van der Waals surface area contributed by atoms with Crippen LogP contribution in [-0.2, 0) is 4.74 Å². The molecule has 0 radical (unpaired) electrons. The molecular formula is C20H31N3O2S. The van der Waals surface area contributed by atoms with E-state index in [9.17, 15) is 5.11 Å². The average Bonchev–Trinajstić information content (AvgIpc) is 3.17. The van der Waals surface area contributed by atoms with Crippen LogP contribution in [0.1, 0.15) is 26.7 Å². The second kappa shape index (κ2) is 7.58. The lowest BCUT2D eigenvalue weighted by Crippen LogP contribution is -2.49. The minimum atomic E-state index is -0.409. The molecule has 3 aliphatic carbocycles. The molecule has 2 fully saturated rings. The molecule has 1 aromatic rings. The molecule has 4 aliphatic rings. The fourth-order valence-electron chi connectivity index (χ4n) is 4.80. The number of hydrogen-bond acceptors (Lipinski definition) is 6. The van der Waals surface area contributed by atoms with Gasteiger partial charge in [-0.2, -0.15) is 0 Å². The minimum absolute atomic E-state index is 0.409. The van der Waals surface area contributed by atoms with Crippen LogP contribution in [0.5, 0.6) is 0 Å². The van der Waals surface area contributed by atoms with Gasteiger partial charge in [-0.1, -0.05) is 19.9 Å². The topological polar surface area (TPSA) is 48.8 Å². The van der Waals surface area contributed by atoms with E-state index in [1.165, 1.54) is 18.4 Å². The van der Waals surface area contributed by atoms with E-state index in [0.717, 1.165) is 37.2 Å². The number of hydrogen-bond donors (Lipinski definition) is 1. The Morgan fingerprint density at radius 1 is 1.35 bits per heavy atom. The van der Waals surface area contributed by atoms with Crippen molar-refractivity contribution >= 4 is 16.5 Å². The third kappa shape index (κ3) is 3.70. The number of ether oxygens (including phenoxy) is 1. The molecule has 1 saturated heterocycles. The SMILES string of the molecule is CC1(C)[C@H]2CC=C(COC[C@@H](O)CN3CCN(c4nccs4)CC3)[C@@H]1C2. The standard InChI is InChI=1S/C20H31N3O2S/c1-20(2)16-4-3-15(18(20)11-16)13-25-14-17(24)12-22-6-8-23(9-7-22)19-21-5-10-26-19/h3,5,10,16-18,24H,4,6-9,11-14H2,1-2H3/t16-,17-,18-/m0/s1. The normalized spacial score (nSPS) is 29.2. The number of aliphatic hydroxyl groups excluding tert-OH is 1. The Morgan fingerprint density at radius 3 is 2.81 bits per heavy atom. The first-order valence-corrected chi connectivity index (χ1v) is 10.7. The predicted octanol–water partition coefficient (Wildman–Crippen LogP) is 2.64. The summed E-state index contributed by atoms with van der Waals surface area (Å²) in [5.41, 5.74) is 1.91. The molecule has 1 N–H and O–H groups in total. The van der Waals surface area contributed by atoms with Crippen LogP contribution in [0.25, 0.3) is 0 Å². The molecule has 1 aliphatic heterocycles. The molecule has 0 spiro atoms. The van der Waals surface area contributed by atoms with Crippen molar-refractivity contribution in [3.63, 3.8) is 0 Å². The molecule has 0 aromatic carbocycles. The summed E-state index contributed by atoms with van der Waals surface area (Å²) in [7, 11) is 0. The lowest BCUT2D eigenvalue weighted by molar-refractivity contribution is -0.0262. The van der Waals surface area contributed by atoms with Crippen LogP contribution in [0.4, 0.5) is 5.13 Å². The fraction of sp³-hybridized carbons (Fsp3) is 0.750. The van der Waals surface area contributed by atoms with E-state index >= 15 is 0 Å². The molecule has 2 bridgehead atoms. The maximum atomic E-state index is 10.3. The summed E-state index contributed by atoms with van der Waals surface area (Å²) in [6.45, 7) is 10.5. The van der Waals surface area contributed by atoms with E-state index in [1.54, 1.807) is 11.3 Å². The van der Waals surface area contributed by atoms with E-state index in [2.05, 4.69) is 34.7 Å². The van der Waals surface area contributed by atoms with Gasteiger partial charge in [-0.3, -0.25) is 4.90 Å². The molecule has 6 heteroatoms. The van der Waals surface area contributed by atoms with Crippen LogP contribution in [0.15, 0.2) is 23.2 Å². The van der Waals surface area contributed by atoms with Gasteiger partial charge in [0.15, 0.2) is 5.13 Å². The molecule has 3 atom stereocenters. The van der Waals surface area contributed by atoms with Crippen LogP contribution in [0.2, 0.25) is 0 Å². The third-order valence-corrected chi connectivity index (χ3v) is 7.52. The quantitative estimate of drug-likeness (QED) is 0.740. The van der Waals surface area contributed by atoms with Crippen LogP contribution < -0.4 is 4.90 Å². The average molecular weight is 378 g/mol. The smallest absolute Gasteiger partial charge is 0.185 e. The van der Waals surface area contributed by atoms with Crippen molar-refractivity contribution < 1.29 is 9.84 Å². The van der Waals surface area contributed by atoms with Gasteiger partial charge in [-0.25, -0.2) is 4.98 Å². The van der Waals surface area contributed by atoms with Gasteiger partial charge in [0.2, 0.25) is 0 Å². The van der Waals surface area contributed by atoms with Crippen molar-refractivity contribution in [2.24, 2.45) is 17.3 Å². The molecule has 2 heterocycles. The predicted molar refractivity (Wildman–Crippen MR) is 106 cm³/mol. The highest BCUT2D eigenvalue weighted by Crippen LogP contribution is 2.59. The van der Waals surface area contributed by atoms with Crippen molar-refractivity contribution in [1.29, 1.82) is 0 Å². The number of allylic oxidation sites excluding steroid dienone is 1. The molecule has 5 nitrogen and oxygen atoms in total. The maximum Gasteiger partial charge on any atom is 0.185 e. The highest BCUT2D eigenvalue weighted by Gasteiger charge is 2.50. The molecule has 0 unspecified atom stereocenters. The first-order valence-electron chi connectivity index (χ1n) is 9.85. The zero-order valence-electron chi connectivity index (χ0n) is 15.9. The van der Waals surface area contributed by atoms with Gasteiger partial charge in [-0.15, -0.1) is 11.3 Å². The Bertz CT molecular complexity index is 623. The van der Waals surface area contributed by atoms with Crippen molar-refractivity contribution in [2.45, 2.75) is 32.8 Å². The highest BCUT2D eigenvalue weighted by molar-refractivity contribution is 7.13. The Labute approximate surface area is 160 Å². The van der Waals surface area contributed by atoms with Crippen molar-refractivity contribution in [1.82, 2.24) is 9.88 Å². The van der Waals surface area contributed by atoms with E-state index in [4.69, 9.17) is 4.74 Å². The number of β-amino-alcohol motifs (C(OH)–C–C–N with tert-alkyl or cyclic N) is 1. The van der Waals surface area contributed by atoms with Crippen LogP contribution in [0, 0.1) is 17.3 Å². The minimum Gasteiger partial charge on any atom is -0.389 e. The Kier molecular flexibility index (Phi) is 5.37. The van der Waals surface area contributed by atoms with Crippen LogP contribution >= 0.6 is 11.3 Å². The van der Waals surface area contributed by atoms with Crippen molar-refractivity contribution in [2.75, 3.05) is 50.8 Å². The number of aromatic nitrogens is 1. The number of fused-ring (bicyclic) bond motifs is 1. The monoisotopic (exact) mass is 377 g/mol.